The van der Waals surface area contributed by atoms with Crippen molar-refractivity contribution in [1.29, 1.82) is 0 Å². The average molecular weight is 448 g/mol. The SMILES string of the molecule is C/C=C(\C(F)=C/C(C)N1C[C@H](CN2CCN=N2)OC1=O)N1CCC(c2nnn(C)n2)CC1. The number of halogens is 1. The summed E-state index contributed by atoms with van der Waals surface area (Å²) < 4.78 is 20.7. The molecule has 0 aliphatic carbocycles. The topological polar surface area (TPSA) is 104 Å². The zero-order chi connectivity index (χ0) is 22.7. The van der Waals surface area contributed by atoms with Gasteiger partial charge in [-0.25, -0.2) is 9.18 Å². The van der Waals surface area contributed by atoms with Crippen LogP contribution in [0.3, 0.4) is 0 Å². The van der Waals surface area contributed by atoms with Gasteiger partial charge in [0, 0.05) is 19.0 Å². The molecule has 32 heavy (non-hydrogen) atoms. The number of nitrogens with zero attached hydrogens (tertiary/aromatic N) is 9. The number of aryl methyl sites for hydroxylation is 1. The summed E-state index contributed by atoms with van der Waals surface area (Å²) in [5, 5.41) is 22.1. The van der Waals surface area contributed by atoms with Crippen molar-refractivity contribution in [3.63, 3.8) is 0 Å². The maximum absolute atomic E-state index is 15.2. The van der Waals surface area contributed by atoms with E-state index < -0.39 is 12.1 Å². The molecule has 1 aromatic rings. The highest BCUT2D eigenvalue weighted by Gasteiger charge is 2.35. The number of rotatable bonds is 7. The number of carbonyl (C=O) groups is 1. The van der Waals surface area contributed by atoms with Gasteiger partial charge in [0.15, 0.2) is 5.82 Å². The molecule has 1 amide bonds. The average Bonchev–Trinajstić information content (AvgIpc) is 3.51. The Morgan fingerprint density at radius 1 is 1.31 bits per heavy atom. The molecule has 1 unspecified atom stereocenters. The van der Waals surface area contributed by atoms with Crippen molar-refractivity contribution in [2.75, 3.05) is 39.3 Å². The minimum absolute atomic E-state index is 0.232. The van der Waals surface area contributed by atoms with Crippen LogP contribution in [0.2, 0.25) is 0 Å². The van der Waals surface area contributed by atoms with Gasteiger partial charge >= 0.3 is 6.09 Å². The van der Waals surface area contributed by atoms with E-state index in [1.165, 1.54) is 10.9 Å². The van der Waals surface area contributed by atoms with Crippen molar-refractivity contribution >= 4 is 6.09 Å². The molecule has 0 aromatic carbocycles. The van der Waals surface area contributed by atoms with Crippen LogP contribution in [0.5, 0.6) is 0 Å². The van der Waals surface area contributed by atoms with Crippen LogP contribution in [0.25, 0.3) is 0 Å². The zero-order valence-corrected chi connectivity index (χ0v) is 18.8. The number of aromatic nitrogens is 4. The first-order valence-electron chi connectivity index (χ1n) is 11.1. The van der Waals surface area contributed by atoms with Crippen LogP contribution in [0.4, 0.5) is 9.18 Å². The molecule has 12 heteroatoms. The van der Waals surface area contributed by atoms with E-state index in [2.05, 4.69) is 25.7 Å². The molecule has 2 atom stereocenters. The van der Waals surface area contributed by atoms with Gasteiger partial charge in [0.1, 0.15) is 11.9 Å². The first-order chi connectivity index (χ1) is 15.4. The lowest BCUT2D eigenvalue weighted by atomic mass is 9.95. The van der Waals surface area contributed by atoms with E-state index in [0.29, 0.717) is 38.4 Å². The summed E-state index contributed by atoms with van der Waals surface area (Å²) in [6.45, 7) is 7.33. The van der Waals surface area contributed by atoms with Gasteiger partial charge in [0.2, 0.25) is 0 Å². The maximum Gasteiger partial charge on any atom is 0.410 e. The highest BCUT2D eigenvalue weighted by Crippen LogP contribution is 2.30. The second-order valence-corrected chi connectivity index (χ2v) is 8.35. The van der Waals surface area contributed by atoms with Gasteiger partial charge in [0.05, 0.1) is 45.0 Å². The van der Waals surface area contributed by atoms with Crippen molar-refractivity contribution in [3.8, 4) is 0 Å². The zero-order valence-electron chi connectivity index (χ0n) is 18.8. The monoisotopic (exact) mass is 447 g/mol. The second kappa shape index (κ2) is 9.61. The summed E-state index contributed by atoms with van der Waals surface area (Å²) in [5.41, 5.74) is 0.545. The predicted octanol–water partition coefficient (Wildman–Crippen LogP) is 2.04. The number of piperidine rings is 1. The van der Waals surface area contributed by atoms with Crippen molar-refractivity contribution in [1.82, 2.24) is 35.0 Å². The van der Waals surface area contributed by atoms with Crippen molar-refractivity contribution < 1.29 is 13.9 Å². The fraction of sp³-hybridized carbons (Fsp3) is 0.700. The quantitative estimate of drug-likeness (QED) is 0.589. The number of amides is 1. The molecule has 0 saturated carbocycles. The van der Waals surface area contributed by atoms with Crippen LogP contribution in [-0.4, -0.2) is 92.5 Å². The molecule has 4 heterocycles. The van der Waals surface area contributed by atoms with Gasteiger partial charge in [-0.15, -0.1) is 10.2 Å². The van der Waals surface area contributed by atoms with Crippen LogP contribution < -0.4 is 0 Å². The lowest BCUT2D eigenvalue weighted by Gasteiger charge is -2.33. The number of hydrogen-bond donors (Lipinski definition) is 0. The number of allylic oxidation sites excluding steroid dienone is 2. The lowest BCUT2D eigenvalue weighted by molar-refractivity contribution is 0.110. The summed E-state index contributed by atoms with van der Waals surface area (Å²) in [4.78, 5) is 17.4. The van der Waals surface area contributed by atoms with E-state index >= 15 is 4.39 Å². The molecule has 0 bridgehead atoms. The fourth-order valence-corrected chi connectivity index (χ4v) is 4.37. The fourth-order valence-electron chi connectivity index (χ4n) is 4.37. The minimum atomic E-state index is -0.429. The van der Waals surface area contributed by atoms with Gasteiger partial charge < -0.3 is 9.64 Å². The van der Waals surface area contributed by atoms with Crippen LogP contribution in [0.15, 0.2) is 34.0 Å². The van der Waals surface area contributed by atoms with Crippen molar-refractivity contribution in [2.24, 2.45) is 17.4 Å². The smallest absolute Gasteiger partial charge is 0.410 e. The minimum Gasteiger partial charge on any atom is -0.442 e. The van der Waals surface area contributed by atoms with Crippen LogP contribution in [0.1, 0.15) is 38.4 Å². The second-order valence-electron chi connectivity index (χ2n) is 8.35. The molecular weight excluding hydrogens is 417 g/mol. The number of likely N-dealkylation sites (tertiary alicyclic amines) is 1. The van der Waals surface area contributed by atoms with E-state index in [4.69, 9.17) is 4.74 Å². The van der Waals surface area contributed by atoms with Gasteiger partial charge in [-0.1, -0.05) is 11.3 Å². The molecule has 3 aliphatic heterocycles. The number of tetrazole rings is 1. The Morgan fingerprint density at radius 2 is 2.09 bits per heavy atom. The molecule has 2 saturated heterocycles. The first-order valence-corrected chi connectivity index (χ1v) is 11.1. The Labute approximate surface area is 186 Å². The Balaban J connectivity index is 1.33. The van der Waals surface area contributed by atoms with Crippen molar-refractivity contribution in [2.45, 2.75) is 44.8 Å². The largest absolute Gasteiger partial charge is 0.442 e. The summed E-state index contributed by atoms with van der Waals surface area (Å²) in [5.74, 6) is 0.646. The van der Waals surface area contributed by atoms with Crippen LogP contribution >= 0.6 is 0 Å². The molecule has 1 aromatic heterocycles. The first kappa shape index (κ1) is 22.2. The van der Waals surface area contributed by atoms with Crippen LogP contribution in [0, 0.1) is 0 Å². The molecular formula is C20H30FN9O2. The third kappa shape index (κ3) is 4.89. The number of cyclic esters (lactones) is 1. The summed E-state index contributed by atoms with van der Waals surface area (Å²) in [6, 6.07) is -0.427. The van der Waals surface area contributed by atoms with E-state index in [9.17, 15) is 4.79 Å². The Bertz CT molecular complexity index is 907. The molecule has 2 fully saturated rings. The van der Waals surface area contributed by atoms with Gasteiger partial charge in [0.25, 0.3) is 0 Å². The number of hydrogen-bond acceptors (Lipinski definition) is 9. The highest BCUT2D eigenvalue weighted by atomic mass is 19.1. The molecule has 174 valence electrons. The molecule has 0 radical (unpaired) electrons. The molecule has 3 aliphatic rings. The van der Waals surface area contributed by atoms with E-state index in [-0.39, 0.29) is 17.8 Å². The van der Waals surface area contributed by atoms with E-state index in [1.807, 2.05) is 11.8 Å². The molecule has 11 nitrogen and oxygen atoms in total. The van der Waals surface area contributed by atoms with Gasteiger partial charge in [-0.05, 0) is 38.0 Å². The Morgan fingerprint density at radius 3 is 2.72 bits per heavy atom. The van der Waals surface area contributed by atoms with Gasteiger partial charge in [-0.3, -0.25) is 9.91 Å². The summed E-state index contributed by atoms with van der Waals surface area (Å²) >= 11 is 0. The third-order valence-electron chi connectivity index (χ3n) is 6.09. The van der Waals surface area contributed by atoms with Crippen molar-refractivity contribution in [3.05, 3.63) is 29.5 Å². The molecule has 0 spiro atoms. The Hall–Kier alpha value is -3.05. The standard InChI is InChI=1S/C20H30FN9O2/c1-4-18(28-8-5-15(6-9-28)19-23-26-27(3)24-19)17(21)11-14(2)30-13-16(32-20(30)31)12-29-10-7-22-25-29/h4,11,14-16H,5-10,12-13H2,1-3H3/b17-11+,18-4+/t14?,16-/m0/s1. The molecule has 4 rings (SSSR count). The van der Waals surface area contributed by atoms with Gasteiger partial charge in [-0.2, -0.15) is 9.91 Å². The third-order valence-corrected chi connectivity index (χ3v) is 6.09. The van der Waals surface area contributed by atoms with Crippen LogP contribution in [-0.2, 0) is 11.8 Å². The van der Waals surface area contributed by atoms with E-state index in [0.717, 1.165) is 25.2 Å². The van der Waals surface area contributed by atoms with E-state index in [1.54, 1.807) is 30.0 Å². The summed E-state index contributed by atoms with van der Waals surface area (Å²) in [6.07, 6.45) is 4.21. The number of ether oxygens (including phenoxy) is 1. The lowest BCUT2D eigenvalue weighted by Crippen LogP contribution is -2.36. The summed E-state index contributed by atoms with van der Waals surface area (Å²) in [7, 11) is 1.75. The highest BCUT2D eigenvalue weighted by molar-refractivity contribution is 5.70. The normalized spacial score (nSPS) is 23.9. The maximum atomic E-state index is 15.2. The predicted molar refractivity (Wildman–Crippen MR) is 113 cm³/mol. The molecule has 0 N–H and O–H groups in total. The number of carbonyl (C=O) groups excluding carboxylic acids is 1. The Kier molecular flexibility index (Phi) is 6.66.